The summed E-state index contributed by atoms with van der Waals surface area (Å²) in [5.41, 5.74) is 3.29. The molecule has 2 rings (SSSR count). The summed E-state index contributed by atoms with van der Waals surface area (Å²) >= 11 is 1.48. The van der Waals surface area contributed by atoms with Gasteiger partial charge >= 0.3 is 0 Å². The Morgan fingerprint density at radius 3 is 2.62 bits per heavy atom. The Balaban J connectivity index is 2.01. The number of aromatic nitrogens is 2. The van der Waals surface area contributed by atoms with Gasteiger partial charge in [-0.05, 0) is 56.1 Å². The van der Waals surface area contributed by atoms with Gasteiger partial charge in [0.2, 0.25) is 0 Å². The first kappa shape index (κ1) is 16.0. The highest BCUT2D eigenvalue weighted by atomic mass is 32.2. The molecule has 0 unspecified atom stereocenters. The second kappa shape index (κ2) is 7.09. The van der Waals surface area contributed by atoms with Gasteiger partial charge in [-0.2, -0.15) is 0 Å². The molecular weight excluding hydrogens is 282 g/mol. The molecular formula is C16H23N3OS. The van der Waals surface area contributed by atoms with Crippen molar-refractivity contribution in [1.82, 2.24) is 15.3 Å². The zero-order valence-corrected chi connectivity index (χ0v) is 14.2. The molecule has 2 aromatic heterocycles. The van der Waals surface area contributed by atoms with Crippen molar-refractivity contribution in [2.45, 2.75) is 51.4 Å². The van der Waals surface area contributed by atoms with E-state index in [9.17, 15) is 0 Å². The van der Waals surface area contributed by atoms with Crippen LogP contribution in [-0.4, -0.2) is 16.5 Å². The van der Waals surface area contributed by atoms with Crippen LogP contribution < -0.4 is 5.32 Å². The van der Waals surface area contributed by atoms with Crippen LogP contribution in [0.5, 0.6) is 0 Å². The summed E-state index contributed by atoms with van der Waals surface area (Å²) < 4.78 is 5.59. The van der Waals surface area contributed by atoms with Gasteiger partial charge in [0.25, 0.3) is 5.22 Å². The second-order valence-corrected chi connectivity index (χ2v) is 6.65. The first-order chi connectivity index (χ1) is 9.95. The van der Waals surface area contributed by atoms with Crippen LogP contribution in [0.3, 0.4) is 0 Å². The molecule has 0 aliphatic carbocycles. The molecule has 21 heavy (non-hydrogen) atoms. The third-order valence-corrected chi connectivity index (χ3v) is 4.13. The van der Waals surface area contributed by atoms with Crippen LogP contribution in [0.2, 0.25) is 0 Å². The molecule has 4 nitrogen and oxygen atoms in total. The highest BCUT2D eigenvalue weighted by Gasteiger charge is 2.10. The second-order valence-electron chi connectivity index (χ2n) is 5.71. The zero-order chi connectivity index (χ0) is 15.4. The normalized spacial score (nSPS) is 11.3. The lowest BCUT2D eigenvalue weighted by atomic mass is 10.2. The average Bonchev–Trinajstić information content (AvgIpc) is 2.71. The molecule has 1 N–H and O–H groups in total. The standard InChI is InChI=1S/C16H23N3OS/c1-10(2)7-17-8-14-6-11(3)15(18-9-14)21-16-19-12(4)13(5)20-16/h6,9-10,17H,7-8H2,1-5H3. The molecule has 0 saturated carbocycles. The summed E-state index contributed by atoms with van der Waals surface area (Å²) in [6.45, 7) is 12.2. The molecule has 0 aliphatic rings. The molecule has 0 spiro atoms. The molecule has 114 valence electrons. The van der Waals surface area contributed by atoms with Crippen molar-refractivity contribution >= 4 is 11.8 Å². The largest absolute Gasteiger partial charge is 0.436 e. The lowest BCUT2D eigenvalue weighted by molar-refractivity contribution is 0.431. The van der Waals surface area contributed by atoms with E-state index in [1.165, 1.54) is 17.3 Å². The van der Waals surface area contributed by atoms with Gasteiger partial charge in [0.1, 0.15) is 10.8 Å². The first-order valence-corrected chi connectivity index (χ1v) is 8.05. The summed E-state index contributed by atoms with van der Waals surface area (Å²) in [6, 6.07) is 2.17. The Morgan fingerprint density at radius 1 is 1.29 bits per heavy atom. The van der Waals surface area contributed by atoms with Crippen LogP contribution in [0.25, 0.3) is 0 Å². The number of pyridine rings is 1. The Labute approximate surface area is 130 Å². The van der Waals surface area contributed by atoms with E-state index in [1.807, 2.05) is 20.0 Å². The predicted octanol–water partition coefficient (Wildman–Crippen LogP) is 3.89. The van der Waals surface area contributed by atoms with Crippen molar-refractivity contribution in [3.8, 4) is 0 Å². The summed E-state index contributed by atoms with van der Waals surface area (Å²) in [4.78, 5) is 8.92. The monoisotopic (exact) mass is 305 g/mol. The maximum atomic E-state index is 5.59. The van der Waals surface area contributed by atoms with Crippen molar-refractivity contribution < 1.29 is 4.42 Å². The number of nitrogens with zero attached hydrogens (tertiary/aromatic N) is 2. The molecule has 0 amide bonds. The van der Waals surface area contributed by atoms with E-state index >= 15 is 0 Å². The van der Waals surface area contributed by atoms with E-state index < -0.39 is 0 Å². The van der Waals surface area contributed by atoms with E-state index in [4.69, 9.17) is 4.42 Å². The topological polar surface area (TPSA) is 51.0 Å². The van der Waals surface area contributed by atoms with Gasteiger partial charge in [-0.25, -0.2) is 9.97 Å². The highest BCUT2D eigenvalue weighted by Crippen LogP contribution is 2.29. The zero-order valence-electron chi connectivity index (χ0n) is 13.4. The molecule has 0 saturated heterocycles. The minimum Gasteiger partial charge on any atom is -0.436 e. The lowest BCUT2D eigenvalue weighted by Crippen LogP contribution is -2.19. The van der Waals surface area contributed by atoms with Crippen molar-refractivity contribution in [3.63, 3.8) is 0 Å². The molecule has 0 aliphatic heterocycles. The molecule has 2 heterocycles. The number of hydrogen-bond acceptors (Lipinski definition) is 5. The van der Waals surface area contributed by atoms with Gasteiger partial charge in [-0.15, -0.1) is 0 Å². The highest BCUT2D eigenvalue weighted by molar-refractivity contribution is 7.99. The van der Waals surface area contributed by atoms with E-state index in [-0.39, 0.29) is 0 Å². The van der Waals surface area contributed by atoms with Crippen LogP contribution in [0, 0.1) is 26.7 Å². The molecule has 0 radical (unpaired) electrons. The van der Waals surface area contributed by atoms with Crippen LogP contribution in [0.15, 0.2) is 26.9 Å². The van der Waals surface area contributed by atoms with Gasteiger partial charge in [-0.3, -0.25) is 0 Å². The summed E-state index contributed by atoms with van der Waals surface area (Å²) in [5, 5.41) is 5.04. The SMILES string of the molecule is Cc1cc(CNCC(C)C)cnc1Sc1nc(C)c(C)o1. The third kappa shape index (κ3) is 4.58. The number of hydrogen-bond donors (Lipinski definition) is 1. The van der Waals surface area contributed by atoms with Crippen LogP contribution in [0.4, 0.5) is 0 Å². The maximum Gasteiger partial charge on any atom is 0.262 e. The molecule has 5 heteroatoms. The van der Waals surface area contributed by atoms with Crippen molar-refractivity contribution in [2.75, 3.05) is 6.54 Å². The fourth-order valence-corrected chi connectivity index (χ4v) is 2.74. The number of nitrogens with one attached hydrogen (secondary N) is 1. The number of rotatable bonds is 6. The number of oxazole rings is 1. The van der Waals surface area contributed by atoms with Crippen molar-refractivity contribution in [3.05, 3.63) is 34.8 Å². The van der Waals surface area contributed by atoms with Gasteiger partial charge < -0.3 is 9.73 Å². The van der Waals surface area contributed by atoms with Gasteiger partial charge in [0, 0.05) is 12.7 Å². The molecule has 0 atom stereocenters. The first-order valence-electron chi connectivity index (χ1n) is 7.24. The summed E-state index contributed by atoms with van der Waals surface area (Å²) in [7, 11) is 0. The van der Waals surface area contributed by atoms with Gasteiger partial charge in [0.15, 0.2) is 0 Å². The lowest BCUT2D eigenvalue weighted by Gasteiger charge is -2.09. The van der Waals surface area contributed by atoms with Crippen molar-refractivity contribution in [1.29, 1.82) is 0 Å². The van der Waals surface area contributed by atoms with Gasteiger partial charge in [0.05, 0.1) is 5.69 Å². The Morgan fingerprint density at radius 2 is 2.05 bits per heavy atom. The molecule has 2 aromatic rings. The van der Waals surface area contributed by atoms with E-state index in [2.05, 4.69) is 42.1 Å². The van der Waals surface area contributed by atoms with Gasteiger partial charge in [-0.1, -0.05) is 19.9 Å². The van der Waals surface area contributed by atoms with E-state index in [1.54, 1.807) is 0 Å². The fourth-order valence-electron chi connectivity index (χ4n) is 1.90. The summed E-state index contributed by atoms with van der Waals surface area (Å²) in [5.74, 6) is 1.52. The predicted molar refractivity (Wildman–Crippen MR) is 85.6 cm³/mol. The Kier molecular flexibility index (Phi) is 5.42. The van der Waals surface area contributed by atoms with E-state index in [0.29, 0.717) is 11.1 Å². The smallest absolute Gasteiger partial charge is 0.262 e. The summed E-state index contributed by atoms with van der Waals surface area (Å²) in [6.07, 6.45) is 1.92. The maximum absolute atomic E-state index is 5.59. The molecule has 0 aromatic carbocycles. The van der Waals surface area contributed by atoms with Crippen molar-refractivity contribution in [2.24, 2.45) is 5.92 Å². The molecule has 0 bridgehead atoms. The molecule has 0 fully saturated rings. The number of aryl methyl sites for hydroxylation is 3. The fraction of sp³-hybridized carbons (Fsp3) is 0.500. The van der Waals surface area contributed by atoms with Crippen LogP contribution >= 0.6 is 11.8 Å². The Bertz CT molecular complexity index is 588. The quantitative estimate of drug-likeness (QED) is 0.877. The third-order valence-electron chi connectivity index (χ3n) is 3.16. The van der Waals surface area contributed by atoms with Crippen LogP contribution in [-0.2, 0) is 6.54 Å². The minimum atomic E-state index is 0.658. The van der Waals surface area contributed by atoms with Crippen LogP contribution in [0.1, 0.15) is 36.4 Å². The Hall–Kier alpha value is -1.33. The van der Waals surface area contributed by atoms with E-state index in [0.717, 1.165) is 35.1 Å². The minimum absolute atomic E-state index is 0.658. The average molecular weight is 305 g/mol.